The Morgan fingerprint density at radius 2 is 1.88 bits per heavy atom. The van der Waals surface area contributed by atoms with Crippen molar-refractivity contribution in [2.24, 2.45) is 5.92 Å². The van der Waals surface area contributed by atoms with Gasteiger partial charge < -0.3 is 16.0 Å². The minimum absolute atomic E-state index is 0. The van der Waals surface area contributed by atoms with Crippen molar-refractivity contribution in [2.45, 2.75) is 32.1 Å². The minimum Gasteiger partial charge on any atom is -0.356 e. The fourth-order valence-electron chi connectivity index (χ4n) is 2.84. The lowest BCUT2D eigenvalue weighted by Crippen LogP contribution is -2.31. The molecule has 1 aliphatic heterocycles. The number of amides is 2. The van der Waals surface area contributed by atoms with E-state index < -0.39 is 5.82 Å². The molecule has 1 aliphatic rings. The van der Waals surface area contributed by atoms with Crippen molar-refractivity contribution in [2.75, 3.05) is 26.2 Å². The summed E-state index contributed by atoms with van der Waals surface area (Å²) in [6.07, 6.45) is 4.48. The highest BCUT2D eigenvalue weighted by molar-refractivity contribution is 5.94. The van der Waals surface area contributed by atoms with E-state index in [1.165, 1.54) is 18.2 Å². The van der Waals surface area contributed by atoms with Gasteiger partial charge in [-0.15, -0.1) is 12.4 Å². The zero-order chi connectivity index (χ0) is 17.2. The molecule has 25 heavy (non-hydrogen) atoms. The van der Waals surface area contributed by atoms with E-state index in [2.05, 4.69) is 16.0 Å². The predicted molar refractivity (Wildman–Crippen MR) is 98.4 cm³/mol. The zero-order valence-corrected chi connectivity index (χ0v) is 15.2. The van der Waals surface area contributed by atoms with Gasteiger partial charge in [-0.05, 0) is 62.9 Å². The van der Waals surface area contributed by atoms with Crippen LogP contribution in [0.1, 0.15) is 42.5 Å². The minimum atomic E-state index is -0.427. The number of hydrogen-bond donors (Lipinski definition) is 3. The number of benzene rings is 1. The summed E-state index contributed by atoms with van der Waals surface area (Å²) in [6, 6.07) is 5.59. The second kappa shape index (κ2) is 11.8. The summed E-state index contributed by atoms with van der Waals surface area (Å²) in [6.45, 7) is 3.09. The molecule has 1 aromatic rings. The molecule has 1 heterocycles. The molecule has 7 heteroatoms. The summed E-state index contributed by atoms with van der Waals surface area (Å²) in [7, 11) is 0. The molecular weight excluding hydrogens is 345 g/mol. The van der Waals surface area contributed by atoms with E-state index in [1.807, 2.05) is 0 Å². The lowest BCUT2D eigenvalue weighted by Gasteiger charge is -2.22. The third kappa shape index (κ3) is 8.31. The van der Waals surface area contributed by atoms with Gasteiger partial charge in [-0.1, -0.05) is 6.07 Å². The Kier molecular flexibility index (Phi) is 10.1. The Balaban J connectivity index is 0.00000312. The molecule has 5 nitrogen and oxygen atoms in total. The van der Waals surface area contributed by atoms with Crippen LogP contribution in [0.4, 0.5) is 4.39 Å². The van der Waals surface area contributed by atoms with Crippen molar-refractivity contribution in [3.8, 4) is 0 Å². The Morgan fingerprint density at radius 3 is 2.60 bits per heavy atom. The molecule has 0 aromatic heterocycles. The van der Waals surface area contributed by atoms with Crippen LogP contribution in [0.15, 0.2) is 24.3 Å². The maximum atomic E-state index is 13.0. The van der Waals surface area contributed by atoms with E-state index in [1.54, 1.807) is 6.07 Å². The van der Waals surface area contributed by atoms with Crippen molar-refractivity contribution < 1.29 is 14.0 Å². The van der Waals surface area contributed by atoms with E-state index in [0.29, 0.717) is 37.4 Å². The SMILES string of the molecule is Cl.O=C(CCC1CCNCC1)NCCCNC(=O)c1cccc(F)c1. The van der Waals surface area contributed by atoms with Crippen molar-refractivity contribution in [3.63, 3.8) is 0 Å². The third-order valence-electron chi connectivity index (χ3n) is 4.29. The molecule has 0 radical (unpaired) electrons. The molecule has 1 fully saturated rings. The highest BCUT2D eigenvalue weighted by Gasteiger charge is 2.14. The summed E-state index contributed by atoms with van der Waals surface area (Å²) >= 11 is 0. The van der Waals surface area contributed by atoms with E-state index in [0.717, 1.165) is 32.4 Å². The lowest BCUT2D eigenvalue weighted by atomic mass is 9.93. The van der Waals surface area contributed by atoms with E-state index in [4.69, 9.17) is 0 Å². The number of carbonyl (C=O) groups is 2. The van der Waals surface area contributed by atoms with Gasteiger partial charge in [0.15, 0.2) is 0 Å². The first-order valence-corrected chi connectivity index (χ1v) is 8.66. The average Bonchev–Trinajstić information content (AvgIpc) is 2.60. The van der Waals surface area contributed by atoms with Crippen LogP contribution in [-0.4, -0.2) is 38.0 Å². The highest BCUT2D eigenvalue weighted by atomic mass is 35.5. The van der Waals surface area contributed by atoms with Crippen LogP contribution in [0.2, 0.25) is 0 Å². The molecule has 1 saturated heterocycles. The molecule has 0 atom stereocenters. The molecule has 3 N–H and O–H groups in total. The Labute approximate surface area is 154 Å². The first kappa shape index (κ1) is 21.4. The molecular formula is C18H27ClFN3O2. The van der Waals surface area contributed by atoms with Gasteiger partial charge in [0.05, 0.1) is 0 Å². The van der Waals surface area contributed by atoms with Gasteiger partial charge in [0.2, 0.25) is 5.91 Å². The van der Waals surface area contributed by atoms with Crippen LogP contribution < -0.4 is 16.0 Å². The first-order chi connectivity index (χ1) is 11.6. The van der Waals surface area contributed by atoms with Gasteiger partial charge in [0, 0.05) is 25.1 Å². The summed E-state index contributed by atoms with van der Waals surface area (Å²) in [5, 5.41) is 8.92. The van der Waals surface area contributed by atoms with Crippen LogP contribution in [0.5, 0.6) is 0 Å². The first-order valence-electron chi connectivity index (χ1n) is 8.66. The van der Waals surface area contributed by atoms with Gasteiger partial charge in [-0.25, -0.2) is 4.39 Å². The standard InChI is InChI=1S/C18H26FN3O2.ClH/c19-16-4-1-3-15(13-16)18(24)22-10-2-9-21-17(23)6-5-14-7-11-20-12-8-14;/h1,3-4,13-14,20H,2,5-12H2,(H,21,23)(H,22,24);1H. The van der Waals surface area contributed by atoms with Gasteiger partial charge in [-0.3, -0.25) is 9.59 Å². The number of halogens is 2. The maximum absolute atomic E-state index is 13.0. The second-order valence-corrected chi connectivity index (χ2v) is 6.20. The normalized spacial score (nSPS) is 14.4. The third-order valence-corrected chi connectivity index (χ3v) is 4.29. The molecule has 0 aliphatic carbocycles. The van der Waals surface area contributed by atoms with Gasteiger partial charge >= 0.3 is 0 Å². The molecule has 0 spiro atoms. The topological polar surface area (TPSA) is 70.2 Å². The number of carbonyl (C=O) groups excluding carboxylic acids is 2. The summed E-state index contributed by atoms with van der Waals surface area (Å²) < 4.78 is 13.0. The molecule has 140 valence electrons. The van der Waals surface area contributed by atoms with Gasteiger partial charge in [0.1, 0.15) is 5.82 Å². The molecule has 0 saturated carbocycles. The fourth-order valence-corrected chi connectivity index (χ4v) is 2.84. The lowest BCUT2D eigenvalue weighted by molar-refractivity contribution is -0.121. The molecule has 1 aromatic carbocycles. The number of piperidine rings is 1. The number of nitrogens with one attached hydrogen (secondary N) is 3. The molecule has 0 bridgehead atoms. The monoisotopic (exact) mass is 371 g/mol. The van der Waals surface area contributed by atoms with Crippen molar-refractivity contribution in [1.82, 2.24) is 16.0 Å². The second-order valence-electron chi connectivity index (χ2n) is 6.20. The zero-order valence-electron chi connectivity index (χ0n) is 14.4. The molecule has 2 amide bonds. The van der Waals surface area contributed by atoms with Crippen LogP contribution in [0, 0.1) is 11.7 Å². The van der Waals surface area contributed by atoms with Gasteiger partial charge in [-0.2, -0.15) is 0 Å². The largest absolute Gasteiger partial charge is 0.356 e. The smallest absolute Gasteiger partial charge is 0.251 e. The van der Waals surface area contributed by atoms with Crippen LogP contribution in [0.25, 0.3) is 0 Å². The molecule has 2 rings (SSSR count). The van der Waals surface area contributed by atoms with Crippen molar-refractivity contribution >= 4 is 24.2 Å². The number of rotatable bonds is 8. The Bertz CT molecular complexity index is 551. The van der Waals surface area contributed by atoms with Crippen molar-refractivity contribution in [1.29, 1.82) is 0 Å². The fraction of sp³-hybridized carbons (Fsp3) is 0.556. The summed E-state index contributed by atoms with van der Waals surface area (Å²) in [5.74, 6) is 0.00272. The summed E-state index contributed by atoms with van der Waals surface area (Å²) in [4.78, 5) is 23.6. The molecule has 0 unspecified atom stereocenters. The van der Waals surface area contributed by atoms with E-state index in [9.17, 15) is 14.0 Å². The Morgan fingerprint density at radius 1 is 1.16 bits per heavy atom. The van der Waals surface area contributed by atoms with Crippen LogP contribution in [0.3, 0.4) is 0 Å². The van der Waals surface area contributed by atoms with Gasteiger partial charge in [0.25, 0.3) is 5.91 Å². The Hall–Kier alpha value is -1.66. The average molecular weight is 372 g/mol. The maximum Gasteiger partial charge on any atom is 0.251 e. The van der Waals surface area contributed by atoms with Crippen molar-refractivity contribution in [3.05, 3.63) is 35.6 Å². The summed E-state index contributed by atoms with van der Waals surface area (Å²) in [5.41, 5.74) is 0.306. The van der Waals surface area contributed by atoms with Crippen LogP contribution >= 0.6 is 12.4 Å². The van der Waals surface area contributed by atoms with E-state index in [-0.39, 0.29) is 24.2 Å². The van der Waals surface area contributed by atoms with E-state index >= 15 is 0 Å². The predicted octanol–water partition coefficient (Wildman–Crippen LogP) is 2.26. The highest BCUT2D eigenvalue weighted by Crippen LogP contribution is 2.17. The quantitative estimate of drug-likeness (QED) is 0.614. The number of hydrogen-bond acceptors (Lipinski definition) is 3. The van der Waals surface area contributed by atoms with Crippen LogP contribution in [-0.2, 0) is 4.79 Å².